The van der Waals surface area contributed by atoms with Crippen molar-refractivity contribution in [3.05, 3.63) is 81.5 Å². The number of amides is 1. The van der Waals surface area contributed by atoms with Crippen LogP contribution in [0.5, 0.6) is 0 Å². The van der Waals surface area contributed by atoms with Crippen LogP contribution in [0, 0.1) is 11.3 Å². The molecule has 27 heavy (non-hydrogen) atoms. The number of carbonyl (C=O) groups is 1. The molecule has 0 aliphatic heterocycles. The topological polar surface area (TPSA) is 70.7 Å². The van der Waals surface area contributed by atoms with Crippen molar-refractivity contribution in [3.8, 4) is 6.07 Å². The molecule has 0 atom stereocenters. The number of aromatic nitrogens is 2. The molecule has 136 valence electrons. The van der Waals surface area contributed by atoms with Crippen LogP contribution in [-0.2, 0) is 17.8 Å². The summed E-state index contributed by atoms with van der Waals surface area (Å²) in [4.78, 5) is 12.3. The first-order chi connectivity index (χ1) is 13.1. The monoisotopic (exact) mass is 398 g/mol. The average Bonchev–Trinajstić information content (AvgIpc) is 3.11. The zero-order valence-electron chi connectivity index (χ0n) is 14.3. The fourth-order valence-electron chi connectivity index (χ4n) is 2.61. The number of hydrogen-bond donors (Lipinski definition) is 1. The summed E-state index contributed by atoms with van der Waals surface area (Å²) in [5, 5.41) is 16.9. The first kappa shape index (κ1) is 19.0. The number of nitriles is 1. The van der Waals surface area contributed by atoms with Gasteiger partial charge in [0.2, 0.25) is 5.91 Å². The van der Waals surface area contributed by atoms with Crippen molar-refractivity contribution in [3.63, 3.8) is 0 Å². The van der Waals surface area contributed by atoms with Crippen molar-refractivity contribution in [2.75, 3.05) is 5.32 Å². The Bertz CT molecular complexity index is 990. The first-order valence-corrected chi connectivity index (χ1v) is 9.06. The van der Waals surface area contributed by atoms with Gasteiger partial charge in [-0.05, 0) is 35.7 Å². The molecule has 0 radical (unpaired) electrons. The highest BCUT2D eigenvalue weighted by molar-refractivity contribution is 6.42. The maximum atomic E-state index is 12.3. The van der Waals surface area contributed by atoms with E-state index >= 15 is 0 Å². The predicted molar refractivity (Wildman–Crippen MR) is 106 cm³/mol. The number of benzene rings is 2. The number of aryl methyl sites for hydroxylation is 1. The molecule has 5 nitrogen and oxygen atoms in total. The Hall–Kier alpha value is -2.81. The van der Waals surface area contributed by atoms with Gasteiger partial charge in [-0.1, -0.05) is 47.5 Å². The zero-order valence-corrected chi connectivity index (χ0v) is 15.8. The van der Waals surface area contributed by atoms with Gasteiger partial charge in [-0.2, -0.15) is 10.4 Å². The van der Waals surface area contributed by atoms with E-state index < -0.39 is 0 Å². The van der Waals surface area contributed by atoms with Crippen molar-refractivity contribution in [2.45, 2.75) is 19.4 Å². The SMILES string of the molecule is N#Cc1ccc(CCC(=O)Nc2ccnn2Cc2cccc(Cl)c2Cl)cc1. The van der Waals surface area contributed by atoms with Crippen LogP contribution < -0.4 is 5.32 Å². The molecule has 0 saturated carbocycles. The number of rotatable bonds is 6. The van der Waals surface area contributed by atoms with E-state index in [0.717, 1.165) is 11.1 Å². The maximum absolute atomic E-state index is 12.3. The molecule has 0 aliphatic carbocycles. The fourth-order valence-corrected chi connectivity index (χ4v) is 2.99. The summed E-state index contributed by atoms with van der Waals surface area (Å²) in [6.07, 6.45) is 2.54. The summed E-state index contributed by atoms with van der Waals surface area (Å²) < 4.78 is 1.66. The second kappa shape index (κ2) is 8.72. The average molecular weight is 399 g/mol. The van der Waals surface area contributed by atoms with Gasteiger partial charge in [0.1, 0.15) is 5.82 Å². The van der Waals surface area contributed by atoms with Gasteiger partial charge in [0, 0.05) is 12.5 Å². The lowest BCUT2D eigenvalue weighted by atomic mass is 10.1. The molecule has 1 aromatic heterocycles. The van der Waals surface area contributed by atoms with Crippen LogP contribution in [0.1, 0.15) is 23.1 Å². The largest absolute Gasteiger partial charge is 0.311 e. The van der Waals surface area contributed by atoms with Crippen molar-refractivity contribution in [2.24, 2.45) is 0 Å². The highest BCUT2D eigenvalue weighted by Crippen LogP contribution is 2.26. The molecular formula is C20H16Cl2N4O. The minimum Gasteiger partial charge on any atom is -0.311 e. The van der Waals surface area contributed by atoms with E-state index in [0.29, 0.717) is 40.8 Å². The Morgan fingerprint density at radius 1 is 1.15 bits per heavy atom. The molecule has 0 spiro atoms. The molecule has 1 amide bonds. The summed E-state index contributed by atoms with van der Waals surface area (Å²) in [5.74, 6) is 0.481. The number of nitrogens with zero attached hydrogens (tertiary/aromatic N) is 3. The Morgan fingerprint density at radius 2 is 1.93 bits per heavy atom. The molecule has 3 rings (SSSR count). The van der Waals surface area contributed by atoms with Crippen molar-refractivity contribution in [1.29, 1.82) is 5.26 Å². The van der Waals surface area contributed by atoms with E-state index in [1.165, 1.54) is 0 Å². The van der Waals surface area contributed by atoms with Gasteiger partial charge in [0.05, 0.1) is 34.4 Å². The lowest BCUT2D eigenvalue weighted by Gasteiger charge is -2.11. The molecule has 0 bridgehead atoms. The summed E-state index contributed by atoms with van der Waals surface area (Å²) in [7, 11) is 0. The normalized spacial score (nSPS) is 10.4. The van der Waals surface area contributed by atoms with Crippen LogP contribution in [0.25, 0.3) is 0 Å². The van der Waals surface area contributed by atoms with Crippen LogP contribution in [0.15, 0.2) is 54.7 Å². The second-order valence-electron chi connectivity index (χ2n) is 5.94. The highest BCUT2D eigenvalue weighted by Gasteiger charge is 2.11. The van der Waals surface area contributed by atoms with E-state index in [9.17, 15) is 4.79 Å². The molecule has 0 aliphatic rings. The zero-order chi connectivity index (χ0) is 19.2. The molecule has 0 unspecified atom stereocenters. The van der Waals surface area contributed by atoms with Crippen molar-refractivity contribution >= 4 is 34.9 Å². The van der Waals surface area contributed by atoms with Crippen LogP contribution in [-0.4, -0.2) is 15.7 Å². The van der Waals surface area contributed by atoms with Gasteiger partial charge in [-0.25, -0.2) is 4.68 Å². The molecule has 3 aromatic rings. The smallest absolute Gasteiger partial charge is 0.225 e. The van der Waals surface area contributed by atoms with E-state index in [1.54, 1.807) is 35.1 Å². The summed E-state index contributed by atoms with van der Waals surface area (Å²) in [6.45, 7) is 0.400. The first-order valence-electron chi connectivity index (χ1n) is 8.30. The van der Waals surface area contributed by atoms with Gasteiger partial charge < -0.3 is 5.32 Å². The number of carbonyl (C=O) groups excluding carboxylic acids is 1. The van der Waals surface area contributed by atoms with Gasteiger partial charge in [0.25, 0.3) is 0 Å². The van der Waals surface area contributed by atoms with E-state index in [1.807, 2.05) is 24.3 Å². The Morgan fingerprint density at radius 3 is 2.67 bits per heavy atom. The van der Waals surface area contributed by atoms with E-state index in [4.69, 9.17) is 28.5 Å². The fraction of sp³-hybridized carbons (Fsp3) is 0.150. The van der Waals surface area contributed by atoms with Gasteiger partial charge >= 0.3 is 0 Å². The minimum absolute atomic E-state index is 0.113. The number of nitrogens with one attached hydrogen (secondary N) is 1. The van der Waals surface area contributed by atoms with Crippen LogP contribution >= 0.6 is 23.2 Å². The molecule has 1 heterocycles. The third-order valence-electron chi connectivity index (χ3n) is 4.06. The Labute approximate surface area is 167 Å². The molecule has 0 saturated heterocycles. The number of anilines is 1. The molecule has 2 aromatic carbocycles. The minimum atomic E-state index is -0.113. The second-order valence-corrected chi connectivity index (χ2v) is 6.73. The number of halogens is 2. The van der Waals surface area contributed by atoms with Gasteiger partial charge in [-0.3, -0.25) is 4.79 Å². The van der Waals surface area contributed by atoms with Gasteiger partial charge in [-0.15, -0.1) is 0 Å². The van der Waals surface area contributed by atoms with E-state index in [2.05, 4.69) is 16.5 Å². The summed E-state index contributed by atoms with van der Waals surface area (Å²) in [6, 6.07) is 16.4. The summed E-state index contributed by atoms with van der Waals surface area (Å²) in [5.41, 5.74) is 2.43. The van der Waals surface area contributed by atoms with Crippen LogP contribution in [0.4, 0.5) is 5.82 Å². The lowest BCUT2D eigenvalue weighted by molar-refractivity contribution is -0.116. The predicted octanol–water partition coefficient (Wildman–Crippen LogP) is 4.68. The third kappa shape index (κ3) is 4.88. The highest BCUT2D eigenvalue weighted by atomic mass is 35.5. The molecule has 1 N–H and O–H groups in total. The van der Waals surface area contributed by atoms with Crippen molar-refractivity contribution < 1.29 is 4.79 Å². The molecule has 0 fully saturated rings. The Kier molecular flexibility index (Phi) is 6.12. The standard InChI is InChI=1S/C20H16Cl2N4O/c21-17-3-1-2-16(20(17)22)13-26-18(10-11-24-26)25-19(27)9-8-14-4-6-15(12-23)7-5-14/h1-7,10-11H,8-9,13H2,(H,25,27). The number of hydrogen-bond acceptors (Lipinski definition) is 3. The maximum Gasteiger partial charge on any atom is 0.225 e. The third-order valence-corrected chi connectivity index (χ3v) is 4.92. The molecule has 7 heteroatoms. The summed E-state index contributed by atoms with van der Waals surface area (Å²) >= 11 is 12.3. The molecular weight excluding hydrogens is 383 g/mol. The lowest BCUT2D eigenvalue weighted by Crippen LogP contribution is -2.16. The quantitative estimate of drug-likeness (QED) is 0.654. The van der Waals surface area contributed by atoms with Crippen LogP contribution in [0.3, 0.4) is 0 Å². The van der Waals surface area contributed by atoms with Crippen molar-refractivity contribution in [1.82, 2.24) is 9.78 Å². The van der Waals surface area contributed by atoms with Gasteiger partial charge in [0.15, 0.2) is 0 Å². The Balaban J connectivity index is 1.61. The van der Waals surface area contributed by atoms with Crippen LogP contribution in [0.2, 0.25) is 10.0 Å². The van der Waals surface area contributed by atoms with E-state index in [-0.39, 0.29) is 5.91 Å².